The Morgan fingerprint density at radius 2 is 1.62 bits per heavy atom. The Morgan fingerprint density at radius 3 is 2.19 bits per heavy atom. The van der Waals surface area contributed by atoms with Crippen LogP contribution in [0.1, 0.15) is 16.0 Å². The average Bonchev–Trinajstić information content (AvgIpc) is 2.54. The van der Waals surface area contributed by atoms with Crippen molar-refractivity contribution < 1.29 is 8.78 Å². The molecule has 0 atom stereocenters. The van der Waals surface area contributed by atoms with E-state index in [-0.39, 0.29) is 11.6 Å². The Kier molecular flexibility index (Phi) is 2.62. The van der Waals surface area contributed by atoms with Crippen LogP contribution in [0.5, 0.6) is 0 Å². The van der Waals surface area contributed by atoms with Crippen molar-refractivity contribution >= 4 is 27.1 Å². The van der Waals surface area contributed by atoms with Gasteiger partial charge >= 0.3 is 0 Å². The fourth-order valence-electron chi connectivity index (χ4n) is 2.00. The standard InChI is InChI=1S/C12H13F2NS/c1-5-8-10(14)7(3)16-12(8)6(2)9(13)11(5)15-4/h15H,1-4H3. The lowest BCUT2D eigenvalue weighted by atomic mass is 10.0. The predicted octanol–water partition coefficient (Wildman–Crippen LogP) is 4.15. The predicted molar refractivity (Wildman–Crippen MR) is 65.5 cm³/mol. The van der Waals surface area contributed by atoms with Gasteiger partial charge in [0.15, 0.2) is 5.82 Å². The number of rotatable bonds is 1. The normalized spacial score (nSPS) is 11.1. The summed E-state index contributed by atoms with van der Waals surface area (Å²) in [6.45, 7) is 5.15. The van der Waals surface area contributed by atoms with E-state index in [4.69, 9.17) is 0 Å². The molecule has 1 aromatic heterocycles. The van der Waals surface area contributed by atoms with E-state index in [1.165, 1.54) is 11.3 Å². The molecule has 1 nitrogen and oxygen atoms in total. The SMILES string of the molecule is CNc1c(F)c(C)c2sc(C)c(F)c2c1C. The first-order valence-electron chi connectivity index (χ1n) is 5.04. The van der Waals surface area contributed by atoms with Gasteiger partial charge in [-0.3, -0.25) is 0 Å². The monoisotopic (exact) mass is 241 g/mol. The molecule has 0 spiro atoms. The molecule has 4 heteroatoms. The minimum atomic E-state index is -0.284. The molecule has 0 aliphatic carbocycles. The van der Waals surface area contributed by atoms with Gasteiger partial charge in [-0.2, -0.15) is 0 Å². The first-order chi connectivity index (χ1) is 7.49. The van der Waals surface area contributed by atoms with Gasteiger partial charge in [-0.1, -0.05) is 0 Å². The smallest absolute Gasteiger partial charge is 0.150 e. The van der Waals surface area contributed by atoms with Crippen molar-refractivity contribution in [2.75, 3.05) is 12.4 Å². The van der Waals surface area contributed by atoms with Gasteiger partial charge in [0, 0.05) is 27.6 Å². The number of anilines is 1. The van der Waals surface area contributed by atoms with Crippen LogP contribution in [0.4, 0.5) is 14.5 Å². The van der Waals surface area contributed by atoms with Gasteiger partial charge in [0.1, 0.15) is 5.82 Å². The summed E-state index contributed by atoms with van der Waals surface area (Å²) >= 11 is 1.31. The number of benzene rings is 1. The van der Waals surface area contributed by atoms with Crippen molar-refractivity contribution in [2.45, 2.75) is 20.8 Å². The number of fused-ring (bicyclic) bond motifs is 1. The zero-order valence-corrected chi connectivity index (χ0v) is 10.5. The van der Waals surface area contributed by atoms with Crippen LogP contribution in [-0.4, -0.2) is 7.05 Å². The maximum Gasteiger partial charge on any atom is 0.150 e. The summed E-state index contributed by atoms with van der Waals surface area (Å²) in [5.41, 5.74) is 1.55. The molecule has 0 fully saturated rings. The molecule has 1 heterocycles. The van der Waals surface area contributed by atoms with Crippen LogP contribution < -0.4 is 5.32 Å². The summed E-state index contributed by atoms with van der Waals surface area (Å²) in [4.78, 5) is 0.605. The van der Waals surface area contributed by atoms with E-state index in [0.717, 1.165) is 0 Å². The van der Waals surface area contributed by atoms with Crippen LogP contribution in [-0.2, 0) is 0 Å². The summed E-state index contributed by atoms with van der Waals surface area (Å²) < 4.78 is 28.6. The first kappa shape index (κ1) is 11.3. The van der Waals surface area contributed by atoms with E-state index in [1.807, 2.05) is 0 Å². The zero-order valence-electron chi connectivity index (χ0n) is 9.66. The van der Waals surface area contributed by atoms with Crippen LogP contribution in [0, 0.1) is 32.4 Å². The lowest BCUT2D eigenvalue weighted by Crippen LogP contribution is -1.99. The quantitative estimate of drug-likeness (QED) is 0.791. The second-order valence-electron chi connectivity index (χ2n) is 3.87. The van der Waals surface area contributed by atoms with Crippen molar-refractivity contribution in [3.8, 4) is 0 Å². The topological polar surface area (TPSA) is 12.0 Å². The molecule has 0 saturated carbocycles. The molecule has 0 aliphatic rings. The van der Waals surface area contributed by atoms with Gasteiger partial charge in [0.05, 0.1) is 5.69 Å². The Hall–Kier alpha value is -1.16. The molecule has 86 valence electrons. The number of hydrogen-bond donors (Lipinski definition) is 1. The van der Waals surface area contributed by atoms with Crippen LogP contribution in [0.3, 0.4) is 0 Å². The van der Waals surface area contributed by atoms with Gasteiger partial charge in [-0.15, -0.1) is 11.3 Å². The molecule has 0 unspecified atom stereocenters. The summed E-state index contributed by atoms with van der Waals surface area (Å²) in [6, 6.07) is 0. The molecule has 2 rings (SSSR count). The number of thiophene rings is 1. The van der Waals surface area contributed by atoms with E-state index in [2.05, 4.69) is 5.32 Å². The highest BCUT2D eigenvalue weighted by Gasteiger charge is 2.19. The molecule has 0 bridgehead atoms. The van der Waals surface area contributed by atoms with Crippen molar-refractivity contribution in [3.63, 3.8) is 0 Å². The molecule has 0 aliphatic heterocycles. The van der Waals surface area contributed by atoms with Gasteiger partial charge < -0.3 is 5.32 Å². The molecule has 2 aromatic rings. The Balaban J connectivity index is 3.02. The summed E-state index contributed by atoms with van der Waals surface area (Å²) in [6.07, 6.45) is 0. The molecule has 0 saturated heterocycles. The van der Waals surface area contributed by atoms with Crippen LogP contribution in [0.25, 0.3) is 10.1 Å². The third kappa shape index (κ3) is 1.33. The van der Waals surface area contributed by atoms with Crippen molar-refractivity contribution in [2.24, 2.45) is 0 Å². The number of nitrogens with one attached hydrogen (secondary N) is 1. The molecular formula is C12H13F2NS. The van der Waals surface area contributed by atoms with Crippen LogP contribution >= 0.6 is 11.3 Å². The second kappa shape index (κ2) is 3.70. The largest absolute Gasteiger partial charge is 0.386 e. The van der Waals surface area contributed by atoms with Gasteiger partial charge in [0.2, 0.25) is 0 Å². The summed E-state index contributed by atoms with van der Waals surface area (Å²) in [7, 11) is 1.65. The Labute approximate surface area is 97.1 Å². The zero-order chi connectivity index (χ0) is 12.0. The first-order valence-corrected chi connectivity index (χ1v) is 5.85. The average molecular weight is 241 g/mol. The molecule has 1 N–H and O–H groups in total. The molecule has 0 amide bonds. The fraction of sp³-hybridized carbons (Fsp3) is 0.333. The van der Waals surface area contributed by atoms with E-state index in [0.29, 0.717) is 31.8 Å². The maximum atomic E-state index is 14.0. The lowest BCUT2D eigenvalue weighted by molar-refractivity contribution is 0.621. The van der Waals surface area contributed by atoms with Gasteiger partial charge in [-0.25, -0.2) is 8.78 Å². The molecule has 1 aromatic carbocycles. The van der Waals surface area contributed by atoms with Crippen molar-refractivity contribution in [3.05, 3.63) is 27.6 Å². The minimum absolute atomic E-state index is 0.225. The highest BCUT2D eigenvalue weighted by atomic mass is 32.1. The summed E-state index contributed by atoms with van der Waals surface area (Å²) in [5, 5.41) is 3.34. The molecule has 0 radical (unpaired) electrons. The highest BCUT2D eigenvalue weighted by molar-refractivity contribution is 7.19. The van der Waals surface area contributed by atoms with E-state index >= 15 is 0 Å². The number of aryl methyl sites for hydroxylation is 3. The summed E-state index contributed by atoms with van der Waals surface area (Å²) in [5.74, 6) is -0.508. The van der Waals surface area contributed by atoms with E-state index in [1.54, 1.807) is 27.8 Å². The number of hydrogen-bond acceptors (Lipinski definition) is 2. The molecular weight excluding hydrogens is 228 g/mol. The Bertz CT molecular complexity index is 572. The van der Waals surface area contributed by atoms with E-state index in [9.17, 15) is 8.78 Å². The third-order valence-electron chi connectivity index (χ3n) is 2.90. The fourth-order valence-corrected chi connectivity index (χ4v) is 3.08. The second-order valence-corrected chi connectivity index (χ2v) is 5.09. The maximum absolute atomic E-state index is 14.0. The molecule has 16 heavy (non-hydrogen) atoms. The van der Waals surface area contributed by atoms with E-state index < -0.39 is 0 Å². The third-order valence-corrected chi connectivity index (χ3v) is 4.10. The van der Waals surface area contributed by atoms with Crippen molar-refractivity contribution in [1.29, 1.82) is 0 Å². The van der Waals surface area contributed by atoms with Gasteiger partial charge in [0.25, 0.3) is 0 Å². The van der Waals surface area contributed by atoms with Crippen LogP contribution in [0.15, 0.2) is 0 Å². The van der Waals surface area contributed by atoms with Crippen LogP contribution in [0.2, 0.25) is 0 Å². The number of halogens is 2. The lowest BCUT2D eigenvalue weighted by Gasteiger charge is -2.10. The highest BCUT2D eigenvalue weighted by Crippen LogP contribution is 2.39. The van der Waals surface area contributed by atoms with Gasteiger partial charge in [-0.05, 0) is 26.3 Å². The Morgan fingerprint density at radius 1 is 1.00 bits per heavy atom. The van der Waals surface area contributed by atoms with Crippen molar-refractivity contribution in [1.82, 2.24) is 0 Å². The minimum Gasteiger partial charge on any atom is -0.386 e.